The summed E-state index contributed by atoms with van der Waals surface area (Å²) in [5, 5.41) is 3.35. The number of benzene rings is 1. The number of hydrogen-bond acceptors (Lipinski definition) is 3. The third-order valence-corrected chi connectivity index (χ3v) is 3.32. The maximum atomic E-state index is 12.4. The van der Waals surface area contributed by atoms with E-state index in [4.69, 9.17) is 0 Å². The summed E-state index contributed by atoms with van der Waals surface area (Å²) in [7, 11) is 0. The van der Waals surface area contributed by atoms with Gasteiger partial charge in [-0.25, -0.2) is 4.98 Å². The fourth-order valence-corrected chi connectivity index (χ4v) is 2.02. The van der Waals surface area contributed by atoms with Gasteiger partial charge in [-0.15, -0.1) is 11.8 Å². The average molecular weight is 312 g/mol. The highest BCUT2D eigenvalue weighted by atomic mass is 32.2. The van der Waals surface area contributed by atoms with Crippen molar-refractivity contribution in [2.75, 3.05) is 11.6 Å². The number of carbonyl (C=O) groups excluding carboxylic acids is 1. The highest BCUT2D eigenvalue weighted by Gasteiger charge is 2.30. The van der Waals surface area contributed by atoms with Gasteiger partial charge in [0.2, 0.25) is 0 Å². The van der Waals surface area contributed by atoms with E-state index < -0.39 is 17.6 Å². The number of amides is 1. The number of thioether (sulfide) groups is 1. The molecule has 21 heavy (non-hydrogen) atoms. The number of hydrogen-bond donors (Lipinski definition) is 1. The van der Waals surface area contributed by atoms with E-state index in [9.17, 15) is 18.0 Å². The Morgan fingerprint density at radius 1 is 1.19 bits per heavy atom. The number of anilines is 1. The molecule has 0 saturated carbocycles. The van der Waals surface area contributed by atoms with Gasteiger partial charge >= 0.3 is 6.18 Å². The zero-order valence-corrected chi connectivity index (χ0v) is 11.8. The first kappa shape index (κ1) is 15.4. The Labute approximate surface area is 123 Å². The summed E-state index contributed by atoms with van der Waals surface area (Å²) in [4.78, 5) is 16.0. The molecule has 0 radical (unpaired) electrons. The lowest BCUT2D eigenvalue weighted by Crippen LogP contribution is -2.13. The molecule has 2 aromatic rings. The molecule has 0 saturated heterocycles. The number of nitrogens with one attached hydrogen (secondary N) is 1. The molecular weight excluding hydrogens is 301 g/mol. The Bertz CT molecular complexity index is 641. The molecule has 1 N–H and O–H groups in total. The molecule has 0 bridgehead atoms. The maximum absolute atomic E-state index is 12.4. The monoisotopic (exact) mass is 312 g/mol. The van der Waals surface area contributed by atoms with Crippen molar-refractivity contribution in [1.82, 2.24) is 4.98 Å². The highest BCUT2D eigenvalue weighted by Crippen LogP contribution is 2.29. The smallest absolute Gasteiger partial charge is 0.322 e. The molecule has 0 spiro atoms. The predicted molar refractivity (Wildman–Crippen MR) is 75.4 cm³/mol. The van der Waals surface area contributed by atoms with Crippen LogP contribution in [0.4, 0.5) is 18.9 Å². The molecule has 0 fully saturated rings. The van der Waals surface area contributed by atoms with Gasteiger partial charge in [0.1, 0.15) is 0 Å². The maximum Gasteiger partial charge on any atom is 0.416 e. The number of nitrogens with zero attached hydrogens (tertiary/aromatic N) is 1. The van der Waals surface area contributed by atoms with Gasteiger partial charge in [-0.05, 0) is 42.7 Å². The topological polar surface area (TPSA) is 42.0 Å². The fraction of sp³-hybridized carbons (Fsp3) is 0.143. The van der Waals surface area contributed by atoms with Crippen LogP contribution in [0.1, 0.15) is 15.9 Å². The fourth-order valence-electron chi connectivity index (χ4n) is 1.61. The number of halogens is 3. The van der Waals surface area contributed by atoms with Crippen molar-refractivity contribution in [3.8, 4) is 0 Å². The van der Waals surface area contributed by atoms with Crippen molar-refractivity contribution in [2.24, 2.45) is 0 Å². The molecule has 3 nitrogen and oxygen atoms in total. The van der Waals surface area contributed by atoms with E-state index in [0.717, 1.165) is 29.3 Å². The number of aromatic nitrogens is 1. The van der Waals surface area contributed by atoms with Crippen molar-refractivity contribution in [3.63, 3.8) is 0 Å². The normalized spacial score (nSPS) is 11.2. The molecule has 0 atom stereocenters. The van der Waals surface area contributed by atoms with Crippen molar-refractivity contribution in [3.05, 3.63) is 53.7 Å². The molecule has 1 heterocycles. The van der Waals surface area contributed by atoms with E-state index in [-0.39, 0.29) is 5.56 Å². The molecule has 1 aromatic heterocycles. The van der Waals surface area contributed by atoms with E-state index in [1.165, 1.54) is 11.8 Å². The van der Waals surface area contributed by atoms with Gasteiger partial charge in [0.25, 0.3) is 5.91 Å². The Morgan fingerprint density at radius 3 is 2.43 bits per heavy atom. The van der Waals surface area contributed by atoms with E-state index in [0.29, 0.717) is 5.69 Å². The first-order valence-electron chi connectivity index (χ1n) is 5.89. The van der Waals surface area contributed by atoms with Gasteiger partial charge in [-0.1, -0.05) is 0 Å². The zero-order valence-electron chi connectivity index (χ0n) is 10.9. The van der Waals surface area contributed by atoms with Crippen LogP contribution in [-0.2, 0) is 6.18 Å². The van der Waals surface area contributed by atoms with Crippen LogP contribution in [0, 0.1) is 0 Å². The summed E-state index contributed by atoms with van der Waals surface area (Å²) < 4.78 is 37.3. The van der Waals surface area contributed by atoms with E-state index >= 15 is 0 Å². The van der Waals surface area contributed by atoms with Gasteiger partial charge in [-0.3, -0.25) is 4.79 Å². The van der Waals surface area contributed by atoms with Crippen molar-refractivity contribution in [2.45, 2.75) is 11.2 Å². The first-order chi connectivity index (χ1) is 9.90. The molecule has 1 amide bonds. The van der Waals surface area contributed by atoms with Gasteiger partial charge in [0.15, 0.2) is 0 Å². The van der Waals surface area contributed by atoms with E-state index in [2.05, 4.69) is 10.3 Å². The van der Waals surface area contributed by atoms with Crippen LogP contribution in [0.2, 0.25) is 0 Å². The summed E-state index contributed by atoms with van der Waals surface area (Å²) >= 11 is 1.42. The minimum absolute atomic E-state index is 0.158. The second kappa shape index (κ2) is 6.17. The van der Waals surface area contributed by atoms with Crippen LogP contribution in [0.15, 0.2) is 47.6 Å². The lowest BCUT2D eigenvalue weighted by Gasteiger charge is -2.08. The number of pyridine rings is 1. The minimum Gasteiger partial charge on any atom is -0.322 e. The Morgan fingerprint density at radius 2 is 1.86 bits per heavy atom. The minimum atomic E-state index is -4.41. The van der Waals surface area contributed by atoms with Crippen molar-refractivity contribution >= 4 is 23.4 Å². The molecule has 110 valence electrons. The quantitative estimate of drug-likeness (QED) is 0.869. The number of alkyl halides is 3. The van der Waals surface area contributed by atoms with Crippen LogP contribution in [0.3, 0.4) is 0 Å². The van der Waals surface area contributed by atoms with Gasteiger partial charge in [0.05, 0.1) is 10.6 Å². The van der Waals surface area contributed by atoms with Gasteiger partial charge < -0.3 is 5.32 Å². The molecule has 7 heteroatoms. The largest absolute Gasteiger partial charge is 0.416 e. The third-order valence-electron chi connectivity index (χ3n) is 2.68. The van der Waals surface area contributed by atoms with Crippen LogP contribution in [0.25, 0.3) is 0 Å². The standard InChI is InChI=1S/C14H11F3N2OS/c1-21-12-8-11(6-7-18-12)19-13(20)9-2-4-10(5-3-9)14(15,16)17/h2-8H,1H3,(H,18,19,20). The van der Waals surface area contributed by atoms with Crippen LogP contribution >= 0.6 is 11.8 Å². The summed E-state index contributed by atoms with van der Waals surface area (Å²) in [6.45, 7) is 0. The molecule has 0 unspecified atom stereocenters. The lowest BCUT2D eigenvalue weighted by molar-refractivity contribution is -0.137. The summed E-state index contributed by atoms with van der Waals surface area (Å²) in [6.07, 6.45) is -1.01. The molecule has 0 aliphatic rings. The van der Waals surface area contributed by atoms with Crippen molar-refractivity contribution in [1.29, 1.82) is 0 Å². The second-order valence-electron chi connectivity index (χ2n) is 4.12. The van der Waals surface area contributed by atoms with Gasteiger partial charge in [-0.2, -0.15) is 13.2 Å². The average Bonchev–Trinajstić information content (AvgIpc) is 2.46. The molecular formula is C14H11F3N2OS. The SMILES string of the molecule is CSc1cc(NC(=O)c2ccc(C(F)(F)F)cc2)ccn1. The van der Waals surface area contributed by atoms with Crippen LogP contribution in [0.5, 0.6) is 0 Å². The van der Waals surface area contributed by atoms with Crippen LogP contribution in [-0.4, -0.2) is 17.1 Å². The van der Waals surface area contributed by atoms with E-state index in [1.54, 1.807) is 18.3 Å². The Hall–Kier alpha value is -2.02. The highest BCUT2D eigenvalue weighted by molar-refractivity contribution is 7.98. The van der Waals surface area contributed by atoms with Gasteiger partial charge in [0, 0.05) is 17.4 Å². The first-order valence-corrected chi connectivity index (χ1v) is 7.11. The zero-order chi connectivity index (χ0) is 15.5. The Kier molecular flexibility index (Phi) is 4.52. The Balaban J connectivity index is 2.13. The number of carbonyl (C=O) groups is 1. The summed E-state index contributed by atoms with van der Waals surface area (Å²) in [5.41, 5.74) is -0.0857. The lowest BCUT2D eigenvalue weighted by atomic mass is 10.1. The molecule has 0 aliphatic carbocycles. The predicted octanol–water partition coefficient (Wildman–Crippen LogP) is 4.07. The molecule has 2 rings (SSSR count). The van der Waals surface area contributed by atoms with Crippen LogP contribution < -0.4 is 5.32 Å². The summed E-state index contributed by atoms with van der Waals surface area (Å²) in [6, 6.07) is 7.36. The van der Waals surface area contributed by atoms with E-state index in [1.807, 2.05) is 6.26 Å². The molecule has 0 aliphatic heterocycles. The summed E-state index contributed by atoms with van der Waals surface area (Å²) in [5.74, 6) is -0.470. The third kappa shape index (κ3) is 3.98. The van der Waals surface area contributed by atoms with Crippen molar-refractivity contribution < 1.29 is 18.0 Å². The molecule has 1 aromatic carbocycles. The second-order valence-corrected chi connectivity index (χ2v) is 4.94. The number of rotatable bonds is 3.